The third kappa shape index (κ3) is 6.14. The van der Waals surface area contributed by atoms with Crippen LogP contribution in [0.5, 0.6) is 0 Å². The van der Waals surface area contributed by atoms with Crippen LogP contribution in [-0.4, -0.2) is 0 Å². The van der Waals surface area contributed by atoms with Gasteiger partial charge in [-0.25, -0.2) is 0 Å². The van der Waals surface area contributed by atoms with E-state index < -0.39 is 0 Å². The third-order valence-electron chi connectivity index (χ3n) is 7.22. The van der Waals surface area contributed by atoms with Gasteiger partial charge in [-0.05, 0) is 110 Å². The molecule has 0 aromatic carbocycles. The van der Waals surface area contributed by atoms with Crippen LogP contribution in [0.4, 0.5) is 0 Å². The summed E-state index contributed by atoms with van der Waals surface area (Å²) in [4.78, 5) is 21.2. The predicted octanol–water partition coefficient (Wildman–Crippen LogP) is 14.6. The van der Waals surface area contributed by atoms with E-state index in [4.69, 9.17) is 5.26 Å². The lowest BCUT2D eigenvalue weighted by Gasteiger charge is -1.93. The molecule has 0 aliphatic heterocycles. The molecule has 8 aromatic rings. The van der Waals surface area contributed by atoms with Crippen molar-refractivity contribution in [2.45, 2.75) is 19.8 Å². The Kier molecular flexibility index (Phi) is 8.33. The SMILES string of the molecule is Cc1ccc(-c2ccc(-c3ccc(-c4ccc(-c5ccc(-c6ccc(-c7ccc(-c8ccc(CCC#N)s8)s7)s6)s5)s4)s3)s2)s1. The highest BCUT2D eigenvalue weighted by molar-refractivity contribution is 7.31. The lowest BCUT2D eigenvalue weighted by Crippen LogP contribution is -1.74. The molecule has 0 spiro atoms. The summed E-state index contributed by atoms with van der Waals surface area (Å²) in [6, 6.07) is 38.2. The monoisotopic (exact) mass is 725 g/mol. The van der Waals surface area contributed by atoms with Crippen molar-refractivity contribution in [1.82, 2.24) is 0 Å². The zero-order valence-electron chi connectivity index (χ0n) is 23.9. The van der Waals surface area contributed by atoms with Gasteiger partial charge in [0.2, 0.25) is 0 Å². The summed E-state index contributed by atoms with van der Waals surface area (Å²) < 4.78 is 0. The van der Waals surface area contributed by atoms with Gasteiger partial charge in [-0.2, -0.15) is 5.26 Å². The molecule has 8 rings (SSSR count). The maximum absolute atomic E-state index is 8.89. The van der Waals surface area contributed by atoms with Gasteiger partial charge >= 0.3 is 0 Å². The molecule has 1 nitrogen and oxygen atoms in total. The van der Waals surface area contributed by atoms with Crippen molar-refractivity contribution in [3.8, 4) is 74.3 Å². The van der Waals surface area contributed by atoms with Crippen molar-refractivity contribution in [2.75, 3.05) is 0 Å². The second-order valence-electron chi connectivity index (χ2n) is 10.3. The fraction of sp³-hybridized carbons (Fsp3) is 0.0833. The molecule has 0 saturated carbocycles. The van der Waals surface area contributed by atoms with Crippen LogP contribution >= 0.6 is 90.7 Å². The Morgan fingerprint density at radius 1 is 0.378 bits per heavy atom. The van der Waals surface area contributed by atoms with E-state index in [0.717, 1.165) is 6.42 Å². The third-order valence-corrected chi connectivity index (χ3v) is 17.2. The number of nitrogens with zero attached hydrogens (tertiary/aromatic N) is 1. The zero-order chi connectivity index (χ0) is 30.3. The quantitative estimate of drug-likeness (QED) is 0.145. The molecule has 9 heteroatoms. The first kappa shape index (κ1) is 29.5. The number of thiophene rings is 8. The highest BCUT2D eigenvalue weighted by atomic mass is 32.1. The van der Waals surface area contributed by atoms with Crippen LogP contribution in [0.25, 0.3) is 68.3 Å². The van der Waals surface area contributed by atoms with Crippen LogP contribution in [0.1, 0.15) is 16.2 Å². The molecule has 0 N–H and O–H groups in total. The summed E-state index contributed by atoms with van der Waals surface area (Å²) in [5, 5.41) is 8.89. The number of hydrogen-bond donors (Lipinski definition) is 0. The predicted molar refractivity (Wildman–Crippen MR) is 206 cm³/mol. The summed E-state index contributed by atoms with van der Waals surface area (Å²) >= 11 is 14.9. The first-order valence-corrected chi connectivity index (χ1v) is 20.8. The molecule has 0 bridgehead atoms. The van der Waals surface area contributed by atoms with Crippen LogP contribution in [-0.2, 0) is 6.42 Å². The van der Waals surface area contributed by atoms with E-state index in [-0.39, 0.29) is 0 Å². The molecule has 0 atom stereocenters. The van der Waals surface area contributed by atoms with Gasteiger partial charge in [0.25, 0.3) is 0 Å². The van der Waals surface area contributed by atoms with Crippen LogP contribution in [0.15, 0.2) is 97.1 Å². The van der Waals surface area contributed by atoms with Gasteiger partial charge in [-0.15, -0.1) is 90.7 Å². The van der Waals surface area contributed by atoms with Gasteiger partial charge in [0, 0.05) is 84.5 Å². The number of hydrogen-bond acceptors (Lipinski definition) is 9. The van der Waals surface area contributed by atoms with Gasteiger partial charge < -0.3 is 0 Å². The van der Waals surface area contributed by atoms with Gasteiger partial charge in [0.1, 0.15) is 0 Å². The minimum absolute atomic E-state index is 0.578. The van der Waals surface area contributed by atoms with E-state index in [0.29, 0.717) is 6.42 Å². The lowest BCUT2D eigenvalue weighted by molar-refractivity contribution is 1.04. The second-order valence-corrected chi connectivity index (χ2v) is 19.3. The van der Waals surface area contributed by atoms with Crippen molar-refractivity contribution >= 4 is 90.7 Å². The van der Waals surface area contributed by atoms with E-state index in [1.165, 1.54) is 78.0 Å². The van der Waals surface area contributed by atoms with Gasteiger partial charge in [0.05, 0.1) is 6.07 Å². The molecule has 0 radical (unpaired) electrons. The van der Waals surface area contributed by atoms with Crippen LogP contribution in [0.2, 0.25) is 0 Å². The van der Waals surface area contributed by atoms with E-state index in [1.54, 1.807) is 11.3 Å². The minimum Gasteiger partial charge on any atom is -0.198 e. The van der Waals surface area contributed by atoms with Crippen molar-refractivity contribution in [1.29, 1.82) is 5.26 Å². The van der Waals surface area contributed by atoms with E-state index >= 15 is 0 Å². The highest BCUT2D eigenvalue weighted by Crippen LogP contribution is 2.47. The molecule has 45 heavy (non-hydrogen) atoms. The molecule has 0 saturated heterocycles. The molecule has 8 heterocycles. The Morgan fingerprint density at radius 2 is 0.644 bits per heavy atom. The van der Waals surface area contributed by atoms with Crippen LogP contribution < -0.4 is 0 Å². The minimum atomic E-state index is 0.578. The Bertz CT molecular complexity index is 2280. The summed E-state index contributed by atoms with van der Waals surface area (Å²) in [6.45, 7) is 2.17. The Labute approximate surface area is 294 Å². The molecule has 0 fully saturated rings. The number of nitriles is 1. The summed E-state index contributed by atoms with van der Waals surface area (Å²) in [6.07, 6.45) is 1.42. The fourth-order valence-electron chi connectivity index (χ4n) is 5.01. The van der Waals surface area contributed by atoms with Gasteiger partial charge in [0.15, 0.2) is 0 Å². The summed E-state index contributed by atoms with van der Waals surface area (Å²) in [5.41, 5.74) is 0. The number of aryl methyl sites for hydroxylation is 2. The fourth-order valence-corrected chi connectivity index (χ4v) is 13.6. The topological polar surface area (TPSA) is 23.8 Å². The maximum atomic E-state index is 8.89. The second kappa shape index (κ2) is 12.7. The van der Waals surface area contributed by atoms with E-state index in [1.807, 2.05) is 79.4 Å². The van der Waals surface area contributed by atoms with Crippen molar-refractivity contribution in [3.05, 3.63) is 107 Å². The Balaban J connectivity index is 0.964. The summed E-state index contributed by atoms with van der Waals surface area (Å²) in [7, 11) is 0. The largest absolute Gasteiger partial charge is 0.198 e. The van der Waals surface area contributed by atoms with Crippen LogP contribution in [0.3, 0.4) is 0 Å². The molecular weight excluding hydrogens is 703 g/mol. The first-order chi connectivity index (χ1) is 22.1. The Morgan fingerprint density at radius 3 is 0.933 bits per heavy atom. The Hall–Kier alpha value is -2.91. The summed E-state index contributed by atoms with van der Waals surface area (Å²) in [5.74, 6) is 0. The normalized spacial score (nSPS) is 11.4. The van der Waals surface area contributed by atoms with Crippen molar-refractivity contribution < 1.29 is 0 Å². The highest BCUT2D eigenvalue weighted by Gasteiger charge is 2.15. The molecular formula is C36H23NS8. The smallest absolute Gasteiger partial charge is 0.0625 e. The van der Waals surface area contributed by atoms with Gasteiger partial charge in [-0.3, -0.25) is 0 Å². The first-order valence-electron chi connectivity index (χ1n) is 14.2. The molecule has 0 aliphatic rings. The van der Waals surface area contributed by atoms with E-state index in [2.05, 4.69) is 110 Å². The standard InChI is InChI=1S/C36H23NS8/c1-21-4-6-23(38-21)25-8-10-27(40-25)29-12-14-31(42-29)33-16-18-35(44-33)36-19-17-34(45-36)32-15-13-30(43-32)28-11-9-26(41-28)24-7-5-22(39-24)3-2-20-37/h4-19H,2-3H2,1H3. The van der Waals surface area contributed by atoms with Gasteiger partial charge in [-0.1, -0.05) is 0 Å². The van der Waals surface area contributed by atoms with Crippen molar-refractivity contribution in [3.63, 3.8) is 0 Å². The van der Waals surface area contributed by atoms with Crippen molar-refractivity contribution in [2.24, 2.45) is 0 Å². The molecule has 220 valence electrons. The average molecular weight is 726 g/mol. The molecule has 0 unspecified atom stereocenters. The number of rotatable bonds is 9. The van der Waals surface area contributed by atoms with Crippen LogP contribution in [0, 0.1) is 18.3 Å². The lowest BCUT2D eigenvalue weighted by atomic mass is 10.3. The maximum Gasteiger partial charge on any atom is 0.0625 e. The zero-order valence-corrected chi connectivity index (χ0v) is 30.4. The molecule has 0 amide bonds. The molecule has 0 aliphatic carbocycles. The average Bonchev–Trinajstić information content (AvgIpc) is 3.89. The molecule has 8 aromatic heterocycles. The van der Waals surface area contributed by atoms with E-state index in [9.17, 15) is 0 Å².